The van der Waals surface area contributed by atoms with Crippen molar-refractivity contribution in [3.8, 4) is 11.5 Å². The summed E-state index contributed by atoms with van der Waals surface area (Å²) in [6.07, 6.45) is 0. The first-order chi connectivity index (χ1) is 13.3. The molecule has 1 heterocycles. The number of piperazine rings is 1. The van der Waals surface area contributed by atoms with Crippen molar-refractivity contribution in [1.29, 1.82) is 0 Å². The van der Waals surface area contributed by atoms with Crippen molar-refractivity contribution in [2.75, 3.05) is 39.5 Å². The van der Waals surface area contributed by atoms with Crippen LogP contribution in [0.3, 0.4) is 0 Å². The zero-order valence-electron chi connectivity index (χ0n) is 15.8. The van der Waals surface area contributed by atoms with Gasteiger partial charge in [-0.05, 0) is 24.6 Å². The fourth-order valence-electron chi connectivity index (χ4n) is 3.08. The van der Waals surface area contributed by atoms with E-state index in [1.807, 2.05) is 42.2 Å². The monoisotopic (exact) mass is 369 g/mol. The van der Waals surface area contributed by atoms with Gasteiger partial charge < -0.3 is 19.7 Å². The van der Waals surface area contributed by atoms with Gasteiger partial charge in [0.25, 0.3) is 0 Å². The van der Waals surface area contributed by atoms with Crippen molar-refractivity contribution in [3.05, 3.63) is 60.2 Å². The lowest BCUT2D eigenvalue weighted by Gasteiger charge is -2.34. The Balaban J connectivity index is 1.40. The van der Waals surface area contributed by atoms with E-state index >= 15 is 0 Å². The van der Waals surface area contributed by atoms with Crippen molar-refractivity contribution in [3.63, 3.8) is 0 Å². The van der Waals surface area contributed by atoms with Gasteiger partial charge in [-0.3, -0.25) is 4.90 Å². The number of hydrogen-bond donors (Lipinski definition) is 1. The van der Waals surface area contributed by atoms with Crippen LogP contribution in [0, 0.1) is 0 Å². The highest BCUT2D eigenvalue weighted by molar-refractivity contribution is 5.74. The lowest BCUT2D eigenvalue weighted by Crippen LogP contribution is -2.51. The van der Waals surface area contributed by atoms with Gasteiger partial charge in [-0.2, -0.15) is 0 Å². The van der Waals surface area contributed by atoms with E-state index in [2.05, 4.69) is 34.5 Å². The van der Waals surface area contributed by atoms with Gasteiger partial charge in [0, 0.05) is 32.7 Å². The van der Waals surface area contributed by atoms with E-state index in [0.717, 1.165) is 19.6 Å². The first-order valence-corrected chi connectivity index (χ1v) is 9.40. The van der Waals surface area contributed by atoms with E-state index in [4.69, 9.17) is 9.47 Å². The second kappa shape index (κ2) is 9.83. The first-order valence-electron chi connectivity index (χ1n) is 9.40. The number of nitrogens with zero attached hydrogens (tertiary/aromatic N) is 2. The molecule has 0 atom stereocenters. The molecule has 1 fully saturated rings. The summed E-state index contributed by atoms with van der Waals surface area (Å²) in [5, 5.41) is 2.83. The molecule has 0 bridgehead atoms. The zero-order chi connectivity index (χ0) is 18.9. The number of hydrogen-bond acceptors (Lipinski definition) is 4. The van der Waals surface area contributed by atoms with Crippen LogP contribution in [0.5, 0.6) is 11.5 Å². The maximum Gasteiger partial charge on any atom is 0.320 e. The van der Waals surface area contributed by atoms with E-state index in [1.165, 1.54) is 5.56 Å². The second-order valence-electron chi connectivity index (χ2n) is 6.40. The first kappa shape index (κ1) is 19.0. The van der Waals surface area contributed by atoms with Gasteiger partial charge in [-0.1, -0.05) is 42.5 Å². The minimum atomic E-state index is -0.0942. The number of benzene rings is 2. The largest absolute Gasteiger partial charge is 0.490 e. The molecule has 1 aliphatic rings. The molecule has 3 rings (SSSR count). The average molecular weight is 369 g/mol. The number of amides is 2. The van der Waals surface area contributed by atoms with Crippen LogP contribution in [-0.2, 0) is 6.54 Å². The SMILES string of the molecule is CCOc1ccccc1OCNC(=O)N1CCN(Cc2ccccc2)CC1. The quantitative estimate of drug-likeness (QED) is 0.763. The van der Waals surface area contributed by atoms with Crippen molar-refractivity contribution < 1.29 is 14.3 Å². The highest BCUT2D eigenvalue weighted by Crippen LogP contribution is 2.25. The van der Waals surface area contributed by atoms with E-state index in [9.17, 15) is 4.79 Å². The van der Waals surface area contributed by atoms with Crippen molar-refractivity contribution in [2.24, 2.45) is 0 Å². The molecule has 0 unspecified atom stereocenters. The van der Waals surface area contributed by atoms with Crippen molar-refractivity contribution in [2.45, 2.75) is 13.5 Å². The van der Waals surface area contributed by atoms with Crippen LogP contribution in [0.4, 0.5) is 4.79 Å². The lowest BCUT2D eigenvalue weighted by molar-refractivity contribution is 0.130. The summed E-state index contributed by atoms with van der Waals surface area (Å²) < 4.78 is 11.2. The molecule has 0 aliphatic carbocycles. The van der Waals surface area contributed by atoms with Gasteiger partial charge in [-0.25, -0.2) is 4.79 Å². The second-order valence-corrected chi connectivity index (χ2v) is 6.40. The van der Waals surface area contributed by atoms with Gasteiger partial charge in [0.15, 0.2) is 18.2 Å². The van der Waals surface area contributed by atoms with E-state index in [0.29, 0.717) is 31.2 Å². The molecule has 1 saturated heterocycles. The van der Waals surface area contributed by atoms with E-state index in [-0.39, 0.29) is 12.8 Å². The third-order valence-corrected chi connectivity index (χ3v) is 4.51. The van der Waals surface area contributed by atoms with Crippen LogP contribution in [0.1, 0.15) is 12.5 Å². The average Bonchev–Trinajstić information content (AvgIpc) is 2.71. The van der Waals surface area contributed by atoms with Gasteiger partial charge in [0.1, 0.15) is 0 Å². The summed E-state index contributed by atoms with van der Waals surface area (Å²) in [5.74, 6) is 1.32. The van der Waals surface area contributed by atoms with Gasteiger partial charge in [0.05, 0.1) is 6.61 Å². The summed E-state index contributed by atoms with van der Waals surface area (Å²) in [6.45, 7) is 6.71. The van der Waals surface area contributed by atoms with Crippen LogP contribution in [-0.4, -0.2) is 55.3 Å². The highest BCUT2D eigenvalue weighted by atomic mass is 16.5. The Labute approximate surface area is 160 Å². The summed E-state index contributed by atoms with van der Waals surface area (Å²) in [6, 6.07) is 17.8. The number of nitrogens with one attached hydrogen (secondary N) is 1. The normalized spacial score (nSPS) is 14.6. The fourth-order valence-corrected chi connectivity index (χ4v) is 3.08. The van der Waals surface area contributed by atoms with Gasteiger partial charge in [0.2, 0.25) is 0 Å². The third-order valence-electron chi connectivity index (χ3n) is 4.51. The van der Waals surface area contributed by atoms with Gasteiger partial charge in [-0.15, -0.1) is 0 Å². The van der Waals surface area contributed by atoms with Crippen LogP contribution >= 0.6 is 0 Å². The number of ether oxygens (including phenoxy) is 2. The predicted molar refractivity (Wildman–Crippen MR) is 105 cm³/mol. The number of carbonyl (C=O) groups excluding carboxylic acids is 1. The van der Waals surface area contributed by atoms with E-state index in [1.54, 1.807) is 0 Å². The molecule has 6 nitrogen and oxygen atoms in total. The molecule has 1 N–H and O–H groups in total. The summed E-state index contributed by atoms with van der Waals surface area (Å²) in [4.78, 5) is 16.6. The highest BCUT2D eigenvalue weighted by Gasteiger charge is 2.21. The van der Waals surface area contributed by atoms with E-state index < -0.39 is 0 Å². The summed E-state index contributed by atoms with van der Waals surface area (Å²) in [5.41, 5.74) is 1.30. The predicted octanol–water partition coefficient (Wildman–Crippen LogP) is 2.95. The number of urea groups is 1. The number of carbonyl (C=O) groups is 1. The molecular formula is C21H27N3O3. The minimum absolute atomic E-state index is 0.0942. The molecule has 0 aromatic heterocycles. The molecule has 2 aromatic rings. The molecule has 2 amide bonds. The molecule has 0 spiro atoms. The summed E-state index contributed by atoms with van der Waals surface area (Å²) in [7, 11) is 0. The Bertz CT molecular complexity index is 716. The Morgan fingerprint density at radius 3 is 2.22 bits per heavy atom. The van der Waals surface area contributed by atoms with Crippen LogP contribution in [0.15, 0.2) is 54.6 Å². The maximum absolute atomic E-state index is 12.3. The Kier molecular flexibility index (Phi) is 6.93. The lowest BCUT2D eigenvalue weighted by atomic mass is 10.2. The van der Waals surface area contributed by atoms with Crippen LogP contribution < -0.4 is 14.8 Å². The minimum Gasteiger partial charge on any atom is -0.490 e. The number of rotatable bonds is 7. The fraction of sp³-hybridized carbons (Fsp3) is 0.381. The van der Waals surface area contributed by atoms with Crippen molar-refractivity contribution in [1.82, 2.24) is 15.1 Å². The summed E-state index contributed by atoms with van der Waals surface area (Å²) >= 11 is 0. The standard InChI is InChI=1S/C21H27N3O3/c1-2-26-19-10-6-7-11-20(19)27-17-22-21(25)24-14-12-23(13-15-24)16-18-8-4-3-5-9-18/h3-11H,2,12-17H2,1H3,(H,22,25). The third kappa shape index (κ3) is 5.62. The number of para-hydroxylation sites is 2. The molecule has 1 aliphatic heterocycles. The topological polar surface area (TPSA) is 54.0 Å². The van der Waals surface area contributed by atoms with Crippen molar-refractivity contribution >= 4 is 6.03 Å². The maximum atomic E-state index is 12.3. The molecular weight excluding hydrogens is 342 g/mol. The molecule has 2 aromatic carbocycles. The Morgan fingerprint density at radius 1 is 0.926 bits per heavy atom. The molecule has 6 heteroatoms. The molecule has 144 valence electrons. The van der Waals surface area contributed by atoms with Crippen LogP contribution in [0.25, 0.3) is 0 Å². The smallest absolute Gasteiger partial charge is 0.320 e. The molecule has 0 radical (unpaired) electrons. The Morgan fingerprint density at radius 2 is 1.56 bits per heavy atom. The Hall–Kier alpha value is -2.73. The van der Waals surface area contributed by atoms with Crippen LogP contribution in [0.2, 0.25) is 0 Å². The zero-order valence-corrected chi connectivity index (χ0v) is 15.8. The molecule has 27 heavy (non-hydrogen) atoms. The molecule has 0 saturated carbocycles. The van der Waals surface area contributed by atoms with Gasteiger partial charge >= 0.3 is 6.03 Å².